The lowest BCUT2D eigenvalue weighted by Gasteiger charge is -2.46. The van der Waals surface area contributed by atoms with Crippen molar-refractivity contribution >= 4 is 35.0 Å². The molecule has 2 aliphatic heterocycles. The molecule has 0 radical (unpaired) electrons. The smallest absolute Gasteiger partial charge is 0.232 e. The van der Waals surface area contributed by atoms with E-state index in [1.807, 2.05) is 35.4 Å². The first-order valence-electron chi connectivity index (χ1n) is 11.3. The fourth-order valence-electron chi connectivity index (χ4n) is 4.78. The van der Waals surface area contributed by atoms with Gasteiger partial charge in [-0.25, -0.2) is 4.98 Å². The Kier molecular flexibility index (Phi) is 5.85. The van der Waals surface area contributed by atoms with Crippen LogP contribution in [0.25, 0.3) is 0 Å². The van der Waals surface area contributed by atoms with Crippen molar-refractivity contribution in [3.63, 3.8) is 0 Å². The van der Waals surface area contributed by atoms with Gasteiger partial charge in [-0.05, 0) is 49.9 Å². The summed E-state index contributed by atoms with van der Waals surface area (Å²) in [4.78, 5) is 25.6. The van der Waals surface area contributed by atoms with Gasteiger partial charge in [-0.1, -0.05) is 31.0 Å². The van der Waals surface area contributed by atoms with Gasteiger partial charge < -0.3 is 15.5 Å². The number of anilines is 2. The van der Waals surface area contributed by atoms with E-state index in [1.165, 1.54) is 12.8 Å². The number of rotatable bonds is 4. The Hall–Kier alpha value is -2.54. The Labute approximate surface area is 187 Å². The molecule has 2 aromatic rings. The molecule has 2 fully saturated rings. The topological polar surface area (TPSA) is 69.6 Å². The summed E-state index contributed by atoms with van der Waals surface area (Å²) in [5, 5.41) is 7.30. The molecule has 0 atom stereocenters. The largest absolute Gasteiger partial charge is 0.370 e. The first kappa shape index (κ1) is 20.4. The number of nitrogens with zero attached hydrogens (tertiary/aromatic N) is 3. The van der Waals surface area contributed by atoms with Crippen LogP contribution in [0.3, 0.4) is 0 Å². The SMILES string of the molecule is O=C(CSc1ccccc1)N1CCC2(CC1)Nc1cccnc1NC2=NC1CCCC1. The molecule has 1 aliphatic carbocycles. The zero-order valence-electron chi connectivity index (χ0n) is 17.7. The number of aromatic nitrogens is 1. The number of fused-ring (bicyclic) bond motifs is 1. The predicted molar refractivity (Wildman–Crippen MR) is 127 cm³/mol. The van der Waals surface area contributed by atoms with Crippen LogP contribution in [0.4, 0.5) is 11.5 Å². The van der Waals surface area contributed by atoms with Crippen LogP contribution in [0.1, 0.15) is 38.5 Å². The molecular weight excluding hydrogens is 406 g/mol. The number of benzene rings is 1. The highest BCUT2D eigenvalue weighted by molar-refractivity contribution is 8.00. The Balaban J connectivity index is 1.29. The predicted octanol–water partition coefficient (Wildman–Crippen LogP) is 4.41. The van der Waals surface area contributed by atoms with Crippen molar-refractivity contribution in [2.24, 2.45) is 4.99 Å². The quantitative estimate of drug-likeness (QED) is 0.696. The van der Waals surface area contributed by atoms with E-state index in [-0.39, 0.29) is 11.4 Å². The molecule has 1 amide bonds. The number of amidine groups is 1. The first-order valence-corrected chi connectivity index (χ1v) is 12.2. The third-order valence-electron chi connectivity index (χ3n) is 6.58. The molecule has 7 heteroatoms. The van der Waals surface area contributed by atoms with Crippen molar-refractivity contribution in [3.8, 4) is 0 Å². The van der Waals surface area contributed by atoms with Gasteiger partial charge in [0.2, 0.25) is 5.91 Å². The normalized spacial score (nSPS) is 21.5. The van der Waals surface area contributed by atoms with Crippen LogP contribution < -0.4 is 10.6 Å². The second-order valence-corrected chi connectivity index (χ2v) is 9.68. The molecule has 3 heterocycles. The van der Waals surface area contributed by atoms with Crippen molar-refractivity contribution in [1.82, 2.24) is 9.88 Å². The van der Waals surface area contributed by atoms with Crippen LogP contribution in [0, 0.1) is 0 Å². The van der Waals surface area contributed by atoms with Gasteiger partial charge in [0.15, 0.2) is 5.82 Å². The summed E-state index contributed by atoms with van der Waals surface area (Å²) in [6, 6.07) is 14.6. The first-order chi connectivity index (χ1) is 15.2. The zero-order chi connectivity index (χ0) is 21.1. The van der Waals surface area contributed by atoms with Gasteiger partial charge in [-0.15, -0.1) is 11.8 Å². The molecule has 1 saturated carbocycles. The number of hydrogen-bond acceptors (Lipinski definition) is 5. The lowest BCUT2D eigenvalue weighted by atomic mass is 9.84. The number of carbonyl (C=O) groups is 1. The van der Waals surface area contributed by atoms with Crippen LogP contribution in [0.2, 0.25) is 0 Å². The Morgan fingerprint density at radius 3 is 2.68 bits per heavy atom. The second-order valence-electron chi connectivity index (χ2n) is 8.63. The maximum absolute atomic E-state index is 12.8. The third-order valence-corrected chi connectivity index (χ3v) is 7.58. The van der Waals surface area contributed by atoms with E-state index in [9.17, 15) is 4.79 Å². The van der Waals surface area contributed by atoms with Gasteiger partial charge >= 0.3 is 0 Å². The Morgan fingerprint density at radius 1 is 1.13 bits per heavy atom. The van der Waals surface area contributed by atoms with Crippen LogP contribution >= 0.6 is 11.8 Å². The molecule has 5 rings (SSSR count). The summed E-state index contributed by atoms with van der Waals surface area (Å²) in [7, 11) is 0. The Morgan fingerprint density at radius 2 is 1.90 bits per heavy atom. The maximum atomic E-state index is 12.8. The van der Waals surface area contributed by atoms with E-state index in [0.717, 1.165) is 61.0 Å². The van der Waals surface area contributed by atoms with Crippen molar-refractivity contribution in [3.05, 3.63) is 48.7 Å². The molecule has 6 nitrogen and oxygen atoms in total. The number of amides is 1. The number of likely N-dealkylation sites (tertiary alicyclic amines) is 1. The summed E-state index contributed by atoms with van der Waals surface area (Å²) in [5.74, 6) is 2.56. The molecule has 1 saturated heterocycles. The van der Waals surface area contributed by atoms with E-state index >= 15 is 0 Å². The average Bonchev–Trinajstić information content (AvgIpc) is 3.32. The third kappa shape index (κ3) is 4.42. The molecule has 1 aromatic carbocycles. The second kappa shape index (κ2) is 8.91. The molecule has 1 aromatic heterocycles. The number of hydrogen-bond donors (Lipinski definition) is 2. The van der Waals surface area contributed by atoms with Crippen molar-refractivity contribution in [2.45, 2.75) is 55.0 Å². The van der Waals surface area contributed by atoms with Crippen LogP contribution in [0.5, 0.6) is 0 Å². The lowest BCUT2D eigenvalue weighted by Crippen LogP contribution is -2.59. The molecule has 31 heavy (non-hydrogen) atoms. The van der Waals surface area contributed by atoms with Crippen molar-refractivity contribution in [2.75, 3.05) is 29.5 Å². The maximum Gasteiger partial charge on any atom is 0.232 e. The van der Waals surface area contributed by atoms with Gasteiger partial charge in [0, 0.05) is 24.2 Å². The summed E-state index contributed by atoms with van der Waals surface area (Å²) in [6.07, 6.45) is 8.36. The molecule has 162 valence electrons. The number of carbonyl (C=O) groups excluding carboxylic acids is 1. The van der Waals surface area contributed by atoms with Gasteiger partial charge in [0.25, 0.3) is 0 Å². The van der Waals surface area contributed by atoms with Crippen LogP contribution in [-0.4, -0.2) is 52.0 Å². The fraction of sp³-hybridized carbons (Fsp3) is 0.458. The van der Waals surface area contributed by atoms with Gasteiger partial charge in [0.05, 0.1) is 23.0 Å². The molecular formula is C24H29N5OS. The van der Waals surface area contributed by atoms with Gasteiger partial charge in [-0.2, -0.15) is 0 Å². The van der Waals surface area contributed by atoms with Crippen LogP contribution in [-0.2, 0) is 4.79 Å². The van der Waals surface area contributed by atoms with Crippen molar-refractivity contribution in [1.29, 1.82) is 0 Å². The monoisotopic (exact) mass is 435 g/mol. The fourth-order valence-corrected chi connectivity index (χ4v) is 5.60. The van der Waals surface area contributed by atoms with E-state index in [1.54, 1.807) is 11.8 Å². The molecule has 0 bridgehead atoms. The standard InChI is InChI=1S/C24H29N5OS/c30-21(17-31-19-9-2-1-3-10-19)29-15-12-24(13-16-29)23(26-18-7-4-5-8-18)27-22-20(28-24)11-6-14-25-22/h1-3,6,9-11,14,18,28H,4-5,7-8,12-13,15-17H2,(H,25,26,27). The van der Waals surface area contributed by atoms with Gasteiger partial charge in [0.1, 0.15) is 5.84 Å². The number of nitrogens with one attached hydrogen (secondary N) is 2. The van der Waals surface area contributed by atoms with Gasteiger partial charge in [-0.3, -0.25) is 9.79 Å². The molecule has 3 aliphatic rings. The van der Waals surface area contributed by atoms with E-state index in [2.05, 4.69) is 33.8 Å². The highest BCUT2D eigenvalue weighted by Gasteiger charge is 2.44. The Bertz CT molecular complexity index is 949. The number of piperidine rings is 1. The molecule has 1 spiro atoms. The summed E-state index contributed by atoms with van der Waals surface area (Å²) in [5.41, 5.74) is 0.773. The van der Waals surface area contributed by atoms with E-state index in [0.29, 0.717) is 11.8 Å². The summed E-state index contributed by atoms with van der Waals surface area (Å²) >= 11 is 1.61. The van der Waals surface area contributed by atoms with E-state index < -0.39 is 0 Å². The minimum atomic E-state index is -0.248. The number of thioether (sulfide) groups is 1. The minimum Gasteiger partial charge on any atom is -0.370 e. The highest BCUT2D eigenvalue weighted by Crippen LogP contribution is 2.37. The number of aliphatic imine (C=N–C) groups is 1. The number of pyridine rings is 1. The minimum absolute atomic E-state index is 0.212. The average molecular weight is 436 g/mol. The molecule has 0 unspecified atom stereocenters. The summed E-state index contributed by atoms with van der Waals surface area (Å²) < 4.78 is 0. The lowest BCUT2D eigenvalue weighted by molar-refractivity contribution is -0.129. The van der Waals surface area contributed by atoms with Crippen LogP contribution in [0.15, 0.2) is 58.5 Å². The molecule has 2 N–H and O–H groups in total. The highest BCUT2D eigenvalue weighted by atomic mass is 32.2. The van der Waals surface area contributed by atoms with E-state index in [4.69, 9.17) is 4.99 Å². The van der Waals surface area contributed by atoms with Crippen molar-refractivity contribution < 1.29 is 4.79 Å². The zero-order valence-corrected chi connectivity index (χ0v) is 18.5. The summed E-state index contributed by atoms with van der Waals surface area (Å²) in [6.45, 7) is 1.48.